The van der Waals surface area contributed by atoms with Crippen LogP contribution in [0.25, 0.3) is 0 Å². The summed E-state index contributed by atoms with van der Waals surface area (Å²) < 4.78 is 6.25. The summed E-state index contributed by atoms with van der Waals surface area (Å²) in [6.45, 7) is 5.11. The highest BCUT2D eigenvalue weighted by Crippen LogP contribution is 2.27. The molecule has 0 amide bonds. The van der Waals surface area contributed by atoms with Crippen molar-refractivity contribution in [2.75, 3.05) is 26.8 Å². The average Bonchev–Trinajstić information content (AvgIpc) is 2.66. The second-order valence-corrected chi connectivity index (χ2v) is 7.17. The van der Waals surface area contributed by atoms with Crippen molar-refractivity contribution in [2.24, 2.45) is 0 Å². The molecule has 1 N–H and O–H groups in total. The number of nitrogens with one attached hydrogen (secondary N) is 1. The van der Waals surface area contributed by atoms with Gasteiger partial charge in [-0.05, 0) is 60.3 Å². The topological polar surface area (TPSA) is 21.3 Å². The molecule has 0 saturated heterocycles. The molecule has 1 rings (SSSR count). The van der Waals surface area contributed by atoms with E-state index in [1.165, 1.54) is 46.3 Å². The van der Waals surface area contributed by atoms with E-state index in [2.05, 4.69) is 34.2 Å². The van der Waals surface area contributed by atoms with Gasteiger partial charge in [0, 0.05) is 18.5 Å². The number of thiophene rings is 1. The Labute approximate surface area is 123 Å². The van der Waals surface area contributed by atoms with Crippen LogP contribution in [0, 0.1) is 6.92 Å². The van der Waals surface area contributed by atoms with Crippen LogP contribution in [0.1, 0.15) is 36.1 Å². The molecule has 0 aliphatic heterocycles. The van der Waals surface area contributed by atoms with Gasteiger partial charge in [0.05, 0.1) is 10.4 Å². The van der Waals surface area contributed by atoms with Gasteiger partial charge in [-0.25, -0.2) is 0 Å². The van der Waals surface area contributed by atoms with Crippen molar-refractivity contribution in [3.8, 4) is 0 Å². The van der Waals surface area contributed by atoms with Crippen molar-refractivity contribution in [3.05, 3.63) is 20.3 Å². The van der Waals surface area contributed by atoms with Crippen LogP contribution in [-0.2, 0) is 11.2 Å². The van der Waals surface area contributed by atoms with Crippen molar-refractivity contribution in [1.29, 1.82) is 0 Å². The first-order valence-corrected chi connectivity index (χ1v) is 8.29. The molecule has 0 radical (unpaired) electrons. The second kappa shape index (κ2) is 9.96. The minimum absolute atomic E-state index is 0.812. The van der Waals surface area contributed by atoms with Crippen LogP contribution in [0.2, 0.25) is 0 Å². The molecular formula is C14H24BrNOS. The fourth-order valence-electron chi connectivity index (χ4n) is 1.95. The zero-order chi connectivity index (χ0) is 13.2. The Bertz CT molecular complexity index is 328. The van der Waals surface area contributed by atoms with Gasteiger partial charge < -0.3 is 10.1 Å². The van der Waals surface area contributed by atoms with Crippen LogP contribution in [-0.4, -0.2) is 26.8 Å². The molecule has 0 bridgehead atoms. The first-order chi connectivity index (χ1) is 8.74. The lowest BCUT2D eigenvalue weighted by Crippen LogP contribution is -2.20. The van der Waals surface area contributed by atoms with E-state index >= 15 is 0 Å². The van der Waals surface area contributed by atoms with Gasteiger partial charge in [-0.15, -0.1) is 11.3 Å². The molecule has 0 saturated carbocycles. The van der Waals surface area contributed by atoms with E-state index in [1.807, 2.05) is 11.3 Å². The number of hydrogen-bond acceptors (Lipinski definition) is 3. The van der Waals surface area contributed by atoms with Gasteiger partial charge in [0.25, 0.3) is 0 Å². The first-order valence-electron chi connectivity index (χ1n) is 6.68. The lowest BCUT2D eigenvalue weighted by atomic mass is 10.1. The maximum Gasteiger partial charge on any atom is 0.0704 e. The summed E-state index contributed by atoms with van der Waals surface area (Å²) in [5.74, 6) is 0. The van der Waals surface area contributed by atoms with Gasteiger partial charge in [0.1, 0.15) is 0 Å². The Hall–Kier alpha value is 0.1000. The van der Waals surface area contributed by atoms with E-state index in [1.54, 1.807) is 7.11 Å². The largest absolute Gasteiger partial charge is 0.383 e. The zero-order valence-electron chi connectivity index (χ0n) is 11.4. The fourth-order valence-corrected chi connectivity index (χ4v) is 3.74. The highest BCUT2D eigenvalue weighted by Gasteiger charge is 2.02. The summed E-state index contributed by atoms with van der Waals surface area (Å²) in [6.07, 6.45) is 6.46. The third kappa shape index (κ3) is 6.88. The van der Waals surface area contributed by atoms with Crippen LogP contribution in [0.15, 0.2) is 9.85 Å². The SMILES string of the molecule is COCCNCCCCCCc1cc(Br)sc1C. The number of hydrogen-bond donors (Lipinski definition) is 1. The number of rotatable bonds is 10. The van der Waals surface area contributed by atoms with Crippen LogP contribution >= 0.6 is 27.3 Å². The highest BCUT2D eigenvalue weighted by molar-refractivity contribution is 9.11. The number of halogens is 1. The predicted octanol–water partition coefficient (Wildman–Crippen LogP) is 4.16. The summed E-state index contributed by atoms with van der Waals surface area (Å²) in [7, 11) is 1.74. The van der Waals surface area contributed by atoms with E-state index in [4.69, 9.17) is 4.74 Å². The third-order valence-electron chi connectivity index (χ3n) is 3.02. The number of ether oxygens (including phenoxy) is 1. The molecule has 0 spiro atoms. The first kappa shape index (κ1) is 16.2. The smallest absolute Gasteiger partial charge is 0.0704 e. The highest BCUT2D eigenvalue weighted by atomic mass is 79.9. The van der Waals surface area contributed by atoms with Crippen molar-refractivity contribution in [1.82, 2.24) is 5.32 Å². The zero-order valence-corrected chi connectivity index (χ0v) is 13.8. The Kier molecular flexibility index (Phi) is 8.94. The number of methoxy groups -OCH3 is 1. The predicted molar refractivity (Wildman–Crippen MR) is 83.7 cm³/mol. The van der Waals surface area contributed by atoms with Gasteiger partial charge >= 0.3 is 0 Å². The van der Waals surface area contributed by atoms with E-state index < -0.39 is 0 Å². The maximum atomic E-state index is 4.98. The Morgan fingerprint density at radius 2 is 2.00 bits per heavy atom. The molecule has 0 aromatic carbocycles. The van der Waals surface area contributed by atoms with Crippen molar-refractivity contribution >= 4 is 27.3 Å². The minimum atomic E-state index is 0.812. The van der Waals surface area contributed by atoms with Crippen molar-refractivity contribution in [2.45, 2.75) is 39.0 Å². The maximum absolute atomic E-state index is 4.98. The summed E-state index contributed by atoms with van der Waals surface area (Å²) >= 11 is 5.39. The van der Waals surface area contributed by atoms with Gasteiger partial charge in [0.15, 0.2) is 0 Å². The van der Waals surface area contributed by atoms with Gasteiger partial charge in [-0.3, -0.25) is 0 Å². The Morgan fingerprint density at radius 1 is 1.22 bits per heavy atom. The van der Waals surface area contributed by atoms with E-state index in [0.717, 1.165) is 19.7 Å². The molecular weight excluding hydrogens is 310 g/mol. The van der Waals surface area contributed by atoms with Crippen LogP contribution in [0.4, 0.5) is 0 Å². The molecule has 0 aliphatic carbocycles. The lowest BCUT2D eigenvalue weighted by molar-refractivity contribution is 0.199. The molecule has 0 fully saturated rings. The molecule has 1 heterocycles. The number of unbranched alkanes of at least 4 members (excludes halogenated alkanes) is 3. The monoisotopic (exact) mass is 333 g/mol. The summed E-state index contributed by atoms with van der Waals surface area (Å²) in [6, 6.07) is 2.27. The Balaban J connectivity index is 1.94. The fraction of sp³-hybridized carbons (Fsp3) is 0.714. The summed E-state index contributed by atoms with van der Waals surface area (Å²) in [4.78, 5) is 1.46. The third-order valence-corrected chi connectivity index (χ3v) is 4.62. The normalized spacial score (nSPS) is 11.1. The quantitative estimate of drug-likeness (QED) is 0.649. The Morgan fingerprint density at radius 3 is 2.67 bits per heavy atom. The van der Waals surface area contributed by atoms with Gasteiger partial charge in [0.2, 0.25) is 0 Å². The van der Waals surface area contributed by atoms with Crippen LogP contribution in [0.3, 0.4) is 0 Å². The van der Waals surface area contributed by atoms with Crippen LogP contribution in [0.5, 0.6) is 0 Å². The summed E-state index contributed by atoms with van der Waals surface area (Å²) in [5.41, 5.74) is 1.52. The molecule has 0 unspecified atom stereocenters. The van der Waals surface area contributed by atoms with Crippen molar-refractivity contribution in [3.63, 3.8) is 0 Å². The van der Waals surface area contributed by atoms with E-state index in [0.29, 0.717) is 0 Å². The molecule has 18 heavy (non-hydrogen) atoms. The molecule has 1 aromatic heterocycles. The van der Waals surface area contributed by atoms with Gasteiger partial charge in [-0.2, -0.15) is 0 Å². The van der Waals surface area contributed by atoms with Crippen LogP contribution < -0.4 is 5.32 Å². The van der Waals surface area contributed by atoms with E-state index in [-0.39, 0.29) is 0 Å². The second-order valence-electron chi connectivity index (χ2n) is 4.54. The van der Waals surface area contributed by atoms with Gasteiger partial charge in [-0.1, -0.05) is 12.8 Å². The summed E-state index contributed by atoms with van der Waals surface area (Å²) in [5, 5.41) is 3.38. The van der Waals surface area contributed by atoms with E-state index in [9.17, 15) is 0 Å². The molecule has 4 heteroatoms. The number of aryl methyl sites for hydroxylation is 2. The molecule has 104 valence electrons. The molecule has 1 aromatic rings. The molecule has 2 nitrogen and oxygen atoms in total. The van der Waals surface area contributed by atoms with Crippen molar-refractivity contribution < 1.29 is 4.74 Å². The minimum Gasteiger partial charge on any atom is -0.383 e. The average molecular weight is 334 g/mol. The molecule has 0 aliphatic rings. The standard InChI is InChI=1S/C14H24BrNOS/c1-12-13(11-14(15)18-12)7-5-3-4-6-8-16-9-10-17-2/h11,16H,3-10H2,1-2H3. The molecule has 0 atom stereocenters. The lowest BCUT2D eigenvalue weighted by Gasteiger charge is -2.04.